The Bertz CT molecular complexity index is 379. The van der Waals surface area contributed by atoms with Gasteiger partial charge < -0.3 is 10.1 Å². The molecule has 1 aliphatic rings. The van der Waals surface area contributed by atoms with Crippen molar-refractivity contribution in [2.24, 2.45) is 5.92 Å². The van der Waals surface area contributed by atoms with Crippen molar-refractivity contribution in [2.45, 2.75) is 26.0 Å². The van der Waals surface area contributed by atoms with Crippen LogP contribution in [-0.4, -0.2) is 38.7 Å². The van der Waals surface area contributed by atoms with E-state index in [4.69, 9.17) is 4.74 Å². The van der Waals surface area contributed by atoms with E-state index in [9.17, 15) is 0 Å². The molecule has 1 aliphatic heterocycles. The fourth-order valence-corrected chi connectivity index (χ4v) is 3.00. The van der Waals surface area contributed by atoms with Crippen LogP contribution in [0.5, 0.6) is 0 Å². The van der Waals surface area contributed by atoms with Gasteiger partial charge >= 0.3 is 0 Å². The van der Waals surface area contributed by atoms with Gasteiger partial charge in [-0.15, -0.1) is 0 Å². The fraction of sp³-hybridized carbons (Fsp3) is 0.625. The van der Waals surface area contributed by atoms with Crippen molar-refractivity contribution in [2.75, 3.05) is 33.8 Å². The molecule has 3 nitrogen and oxygen atoms in total. The Hall–Kier alpha value is -0.900. The lowest BCUT2D eigenvalue weighted by atomic mass is 9.97. The van der Waals surface area contributed by atoms with E-state index in [2.05, 4.69) is 34.5 Å². The Kier molecular flexibility index (Phi) is 5.83. The van der Waals surface area contributed by atoms with Crippen molar-refractivity contribution in [3.8, 4) is 0 Å². The van der Waals surface area contributed by atoms with Crippen molar-refractivity contribution < 1.29 is 4.74 Å². The van der Waals surface area contributed by atoms with Crippen LogP contribution in [-0.2, 0) is 17.9 Å². The molecule has 1 saturated heterocycles. The monoisotopic (exact) mass is 262 g/mol. The highest BCUT2D eigenvalue weighted by Crippen LogP contribution is 2.20. The summed E-state index contributed by atoms with van der Waals surface area (Å²) in [6, 6.07) is 8.63. The predicted octanol–water partition coefficient (Wildman–Crippen LogP) is 2.26. The predicted molar refractivity (Wildman–Crippen MR) is 79.1 cm³/mol. The van der Waals surface area contributed by atoms with Gasteiger partial charge in [-0.25, -0.2) is 0 Å². The summed E-state index contributed by atoms with van der Waals surface area (Å²) < 4.78 is 5.29. The largest absolute Gasteiger partial charge is 0.380 e. The van der Waals surface area contributed by atoms with Gasteiger partial charge in [-0.2, -0.15) is 0 Å². The van der Waals surface area contributed by atoms with Crippen LogP contribution >= 0.6 is 0 Å². The second-order valence-corrected chi connectivity index (χ2v) is 5.50. The van der Waals surface area contributed by atoms with Crippen molar-refractivity contribution >= 4 is 0 Å². The highest BCUT2D eigenvalue weighted by atomic mass is 16.5. The number of methoxy groups -OCH3 is 1. The molecule has 0 spiro atoms. The molecule has 0 amide bonds. The Morgan fingerprint density at radius 2 is 2.11 bits per heavy atom. The van der Waals surface area contributed by atoms with E-state index >= 15 is 0 Å². The van der Waals surface area contributed by atoms with E-state index in [1.54, 1.807) is 7.11 Å². The molecule has 3 heteroatoms. The average Bonchev–Trinajstić information content (AvgIpc) is 2.42. The summed E-state index contributed by atoms with van der Waals surface area (Å²) in [5.74, 6) is 0.799. The van der Waals surface area contributed by atoms with Gasteiger partial charge in [-0.1, -0.05) is 24.3 Å². The SMILES string of the molecule is CNCC1CCCN(Cc2ccccc2COC)C1. The van der Waals surface area contributed by atoms with Crippen LogP contribution in [0.2, 0.25) is 0 Å². The maximum atomic E-state index is 5.29. The molecule has 0 radical (unpaired) electrons. The third kappa shape index (κ3) is 4.30. The minimum atomic E-state index is 0.712. The number of ether oxygens (including phenoxy) is 1. The van der Waals surface area contributed by atoms with Crippen molar-refractivity contribution in [3.05, 3.63) is 35.4 Å². The Morgan fingerprint density at radius 1 is 1.32 bits per heavy atom. The van der Waals surface area contributed by atoms with E-state index in [-0.39, 0.29) is 0 Å². The van der Waals surface area contributed by atoms with Crippen LogP contribution in [0.4, 0.5) is 0 Å². The van der Waals surface area contributed by atoms with Crippen LogP contribution in [0.25, 0.3) is 0 Å². The van der Waals surface area contributed by atoms with Crippen LogP contribution in [0.3, 0.4) is 0 Å². The molecule has 2 rings (SSSR count). The molecular weight excluding hydrogens is 236 g/mol. The zero-order chi connectivity index (χ0) is 13.5. The molecule has 1 aromatic rings. The molecule has 1 fully saturated rings. The summed E-state index contributed by atoms with van der Waals surface area (Å²) in [4.78, 5) is 2.58. The molecule has 0 bridgehead atoms. The van der Waals surface area contributed by atoms with Gasteiger partial charge in [-0.05, 0) is 50.0 Å². The normalized spacial score (nSPS) is 20.6. The van der Waals surface area contributed by atoms with Crippen LogP contribution in [0.15, 0.2) is 24.3 Å². The van der Waals surface area contributed by atoms with Gasteiger partial charge in [0.15, 0.2) is 0 Å². The number of likely N-dealkylation sites (tertiary alicyclic amines) is 1. The summed E-state index contributed by atoms with van der Waals surface area (Å²) >= 11 is 0. The number of benzene rings is 1. The zero-order valence-electron chi connectivity index (χ0n) is 12.2. The lowest BCUT2D eigenvalue weighted by Crippen LogP contribution is -2.38. The van der Waals surface area contributed by atoms with Crippen molar-refractivity contribution in [3.63, 3.8) is 0 Å². The van der Waals surface area contributed by atoms with Gasteiger partial charge in [0, 0.05) is 20.2 Å². The Morgan fingerprint density at radius 3 is 2.84 bits per heavy atom. The minimum absolute atomic E-state index is 0.712. The molecule has 0 aliphatic carbocycles. The summed E-state index contributed by atoms with van der Waals surface area (Å²) in [6.07, 6.45) is 2.68. The maximum Gasteiger partial charge on any atom is 0.0716 e. The van der Waals surface area contributed by atoms with Crippen LogP contribution in [0, 0.1) is 5.92 Å². The van der Waals surface area contributed by atoms with E-state index in [0.29, 0.717) is 6.61 Å². The first-order valence-corrected chi connectivity index (χ1v) is 7.26. The number of hydrogen-bond donors (Lipinski definition) is 1. The first-order chi connectivity index (χ1) is 9.33. The van der Waals surface area contributed by atoms with Gasteiger partial charge in [0.25, 0.3) is 0 Å². The molecule has 19 heavy (non-hydrogen) atoms. The average molecular weight is 262 g/mol. The van der Waals surface area contributed by atoms with E-state index in [0.717, 1.165) is 19.0 Å². The van der Waals surface area contributed by atoms with Gasteiger partial charge in [0.1, 0.15) is 0 Å². The fourth-order valence-electron chi connectivity index (χ4n) is 3.00. The number of rotatable bonds is 6. The van der Waals surface area contributed by atoms with E-state index in [1.165, 1.54) is 37.1 Å². The number of nitrogens with zero attached hydrogens (tertiary/aromatic N) is 1. The standard InChI is InChI=1S/C16H26N2O/c1-17-10-14-6-5-9-18(11-14)12-15-7-3-4-8-16(15)13-19-2/h3-4,7-8,14,17H,5-6,9-13H2,1-2H3. The van der Waals surface area contributed by atoms with E-state index < -0.39 is 0 Å². The summed E-state index contributed by atoms with van der Waals surface area (Å²) in [5, 5.41) is 3.31. The molecule has 1 aromatic carbocycles. The quantitative estimate of drug-likeness (QED) is 0.851. The number of nitrogens with one attached hydrogen (secondary N) is 1. The summed E-state index contributed by atoms with van der Waals surface area (Å²) in [7, 11) is 3.81. The topological polar surface area (TPSA) is 24.5 Å². The molecule has 0 saturated carbocycles. The Balaban J connectivity index is 1.96. The third-order valence-electron chi connectivity index (χ3n) is 3.91. The first-order valence-electron chi connectivity index (χ1n) is 7.26. The third-order valence-corrected chi connectivity index (χ3v) is 3.91. The lowest BCUT2D eigenvalue weighted by molar-refractivity contribution is 0.161. The van der Waals surface area contributed by atoms with Crippen LogP contribution < -0.4 is 5.32 Å². The molecule has 1 unspecified atom stereocenters. The van der Waals surface area contributed by atoms with Gasteiger partial charge in [0.05, 0.1) is 6.61 Å². The van der Waals surface area contributed by atoms with E-state index in [1.807, 2.05) is 7.05 Å². The molecular formula is C16H26N2O. The Labute approximate surface area is 116 Å². The molecule has 1 heterocycles. The minimum Gasteiger partial charge on any atom is -0.380 e. The number of piperidine rings is 1. The molecule has 106 valence electrons. The highest BCUT2D eigenvalue weighted by Gasteiger charge is 2.19. The van der Waals surface area contributed by atoms with Crippen molar-refractivity contribution in [1.29, 1.82) is 0 Å². The smallest absolute Gasteiger partial charge is 0.0716 e. The second-order valence-electron chi connectivity index (χ2n) is 5.50. The lowest BCUT2D eigenvalue weighted by Gasteiger charge is -2.33. The van der Waals surface area contributed by atoms with Crippen LogP contribution in [0.1, 0.15) is 24.0 Å². The maximum absolute atomic E-state index is 5.29. The summed E-state index contributed by atoms with van der Waals surface area (Å²) in [6.45, 7) is 5.34. The molecule has 0 aromatic heterocycles. The highest BCUT2D eigenvalue weighted by molar-refractivity contribution is 5.26. The molecule has 1 atom stereocenters. The summed E-state index contributed by atoms with van der Waals surface area (Å²) in [5.41, 5.74) is 2.73. The first kappa shape index (κ1) is 14.5. The number of hydrogen-bond acceptors (Lipinski definition) is 3. The second kappa shape index (κ2) is 7.63. The van der Waals surface area contributed by atoms with Crippen molar-refractivity contribution in [1.82, 2.24) is 10.2 Å². The van der Waals surface area contributed by atoms with Gasteiger partial charge in [0.2, 0.25) is 0 Å². The zero-order valence-corrected chi connectivity index (χ0v) is 12.2. The molecule has 1 N–H and O–H groups in total. The van der Waals surface area contributed by atoms with Gasteiger partial charge in [-0.3, -0.25) is 4.90 Å².